The second-order valence-corrected chi connectivity index (χ2v) is 6.95. The molecule has 3 rings (SSSR count). The van der Waals surface area contributed by atoms with Crippen molar-refractivity contribution >= 4 is 29.4 Å². The Balaban J connectivity index is 2.05. The Morgan fingerprint density at radius 2 is 1.96 bits per heavy atom. The van der Waals surface area contributed by atoms with Crippen LogP contribution in [0.15, 0.2) is 51.8 Å². The summed E-state index contributed by atoms with van der Waals surface area (Å²) in [5.41, 5.74) is 12.9. The molecule has 0 unspecified atom stereocenters. The average Bonchev–Trinajstić information content (AvgIpc) is 2.54. The van der Waals surface area contributed by atoms with E-state index in [1.54, 1.807) is 11.8 Å². The van der Waals surface area contributed by atoms with Crippen molar-refractivity contribution in [1.82, 2.24) is 0 Å². The van der Waals surface area contributed by atoms with Crippen LogP contribution < -0.4 is 16.4 Å². The van der Waals surface area contributed by atoms with Crippen molar-refractivity contribution in [3.05, 3.63) is 36.9 Å². The van der Waals surface area contributed by atoms with E-state index in [-0.39, 0.29) is 11.6 Å². The molecule has 1 fully saturated rings. The molecule has 0 aromatic heterocycles. The number of rotatable bonds is 4. The van der Waals surface area contributed by atoms with Crippen LogP contribution in [0.25, 0.3) is 0 Å². The molecule has 0 radical (unpaired) electrons. The maximum Gasteiger partial charge on any atom is 0.220 e. The molecule has 1 heterocycles. The normalized spacial score (nSPS) is 20.1. The Labute approximate surface area is 141 Å². The maximum absolute atomic E-state index is 6.29. The Kier molecular flexibility index (Phi) is 4.61. The monoisotopic (exact) mass is 329 g/mol. The van der Waals surface area contributed by atoms with Gasteiger partial charge in [-0.05, 0) is 37.8 Å². The van der Waals surface area contributed by atoms with E-state index in [0.717, 1.165) is 42.0 Å². The first-order chi connectivity index (χ1) is 11.2. The summed E-state index contributed by atoms with van der Waals surface area (Å²) in [5.74, 6) is 1.57. The lowest BCUT2D eigenvalue weighted by atomic mass is 9.87. The van der Waals surface area contributed by atoms with Gasteiger partial charge in [0.25, 0.3) is 0 Å². The van der Waals surface area contributed by atoms with Crippen LogP contribution in [0.2, 0.25) is 0 Å². The summed E-state index contributed by atoms with van der Waals surface area (Å²) in [6.07, 6.45) is 7.29. The van der Waals surface area contributed by atoms with Crippen molar-refractivity contribution in [3.63, 3.8) is 0 Å². The third-order valence-corrected chi connectivity index (χ3v) is 5.37. The van der Waals surface area contributed by atoms with Gasteiger partial charge in [-0.25, -0.2) is 4.99 Å². The summed E-state index contributed by atoms with van der Waals surface area (Å²) in [7, 11) is 0. The Morgan fingerprint density at radius 3 is 2.70 bits per heavy atom. The van der Waals surface area contributed by atoms with Gasteiger partial charge in [0.05, 0.1) is 5.69 Å². The number of hydrogen-bond donors (Lipinski definition) is 2. The lowest BCUT2D eigenvalue weighted by Gasteiger charge is -2.46. The molecule has 0 amide bonds. The lowest BCUT2D eigenvalue weighted by molar-refractivity contribution is 0.305. The van der Waals surface area contributed by atoms with Crippen molar-refractivity contribution in [2.75, 3.05) is 10.7 Å². The predicted octanol–water partition coefficient (Wildman–Crippen LogP) is 3.07. The van der Waals surface area contributed by atoms with Gasteiger partial charge < -0.3 is 11.5 Å². The Bertz CT molecular complexity index is 646. The highest BCUT2D eigenvalue weighted by Gasteiger charge is 2.43. The van der Waals surface area contributed by atoms with E-state index in [1.165, 1.54) is 6.42 Å². The largest absolute Gasteiger partial charge is 0.369 e. The number of hydrogen-bond acceptors (Lipinski definition) is 6. The predicted molar refractivity (Wildman–Crippen MR) is 98.9 cm³/mol. The van der Waals surface area contributed by atoms with E-state index in [4.69, 9.17) is 16.5 Å². The molecular weight excluding hydrogens is 306 g/mol. The van der Waals surface area contributed by atoms with Gasteiger partial charge in [-0.1, -0.05) is 24.6 Å². The fraction of sp³-hybridized carbons (Fsp3) is 0.412. The number of benzene rings is 1. The minimum atomic E-state index is -0.390. The van der Waals surface area contributed by atoms with Gasteiger partial charge in [-0.3, -0.25) is 4.90 Å². The second-order valence-electron chi connectivity index (χ2n) is 5.89. The molecule has 0 bridgehead atoms. The standard InChI is InChI=1S/C17H23N5S/c1-2-12-23-14-9-5-4-8-13(14)22-16(19)20-15(18)21-17(22)10-6-3-7-11-17/h2,4-5,8-9H,1,3,6-7,10-12H2,(H4,18,19,20,21). The first-order valence-electron chi connectivity index (χ1n) is 7.99. The van der Waals surface area contributed by atoms with E-state index in [9.17, 15) is 0 Å². The molecule has 0 saturated heterocycles. The SMILES string of the molecule is C=CCSc1ccccc1N1C(N)=NC(N)=NC12CCCCC2. The first-order valence-corrected chi connectivity index (χ1v) is 8.97. The van der Waals surface area contributed by atoms with Gasteiger partial charge in [0.15, 0.2) is 0 Å². The average molecular weight is 329 g/mol. The molecule has 23 heavy (non-hydrogen) atoms. The third kappa shape index (κ3) is 3.08. The van der Waals surface area contributed by atoms with Crippen molar-refractivity contribution in [1.29, 1.82) is 0 Å². The minimum absolute atomic E-state index is 0.289. The number of nitrogens with two attached hydrogens (primary N) is 2. The molecule has 1 saturated carbocycles. The van der Waals surface area contributed by atoms with Crippen LogP contribution in [0, 0.1) is 0 Å². The highest BCUT2D eigenvalue weighted by Crippen LogP contribution is 2.42. The number of guanidine groups is 2. The highest BCUT2D eigenvalue weighted by molar-refractivity contribution is 7.99. The molecule has 2 aliphatic rings. The second kappa shape index (κ2) is 6.66. The summed E-state index contributed by atoms with van der Waals surface area (Å²) in [5, 5.41) is 0. The van der Waals surface area contributed by atoms with Gasteiger partial charge in [0.2, 0.25) is 11.9 Å². The molecule has 5 nitrogen and oxygen atoms in total. The van der Waals surface area contributed by atoms with Crippen LogP contribution in [0.1, 0.15) is 32.1 Å². The summed E-state index contributed by atoms with van der Waals surface area (Å²) in [4.78, 5) is 12.2. The van der Waals surface area contributed by atoms with E-state index >= 15 is 0 Å². The number of anilines is 1. The van der Waals surface area contributed by atoms with Crippen LogP contribution in [0.3, 0.4) is 0 Å². The zero-order chi connectivity index (χ0) is 16.3. The van der Waals surface area contributed by atoms with E-state index in [2.05, 4.69) is 28.6 Å². The van der Waals surface area contributed by atoms with Gasteiger partial charge in [0.1, 0.15) is 5.66 Å². The summed E-state index contributed by atoms with van der Waals surface area (Å²) < 4.78 is 0. The highest BCUT2D eigenvalue weighted by atomic mass is 32.2. The molecule has 0 atom stereocenters. The molecule has 1 aliphatic carbocycles. The maximum atomic E-state index is 6.29. The molecule has 1 aliphatic heterocycles. The fourth-order valence-electron chi connectivity index (χ4n) is 3.38. The van der Waals surface area contributed by atoms with Crippen molar-refractivity contribution < 1.29 is 0 Å². The van der Waals surface area contributed by atoms with E-state index in [0.29, 0.717) is 5.96 Å². The number of nitrogens with zero attached hydrogens (tertiary/aromatic N) is 3. The quantitative estimate of drug-likeness (QED) is 0.657. The molecule has 1 spiro atoms. The molecule has 122 valence electrons. The van der Waals surface area contributed by atoms with Gasteiger partial charge in [-0.2, -0.15) is 4.99 Å². The van der Waals surface area contributed by atoms with Gasteiger partial charge >= 0.3 is 0 Å². The number of para-hydroxylation sites is 1. The Morgan fingerprint density at radius 1 is 1.22 bits per heavy atom. The number of aliphatic imine (C=N–C) groups is 2. The fourth-order valence-corrected chi connectivity index (χ4v) is 4.16. The van der Waals surface area contributed by atoms with Crippen LogP contribution in [0.5, 0.6) is 0 Å². The van der Waals surface area contributed by atoms with E-state index < -0.39 is 0 Å². The summed E-state index contributed by atoms with van der Waals surface area (Å²) in [6.45, 7) is 3.80. The van der Waals surface area contributed by atoms with Crippen LogP contribution in [-0.2, 0) is 0 Å². The molecule has 4 N–H and O–H groups in total. The zero-order valence-corrected chi connectivity index (χ0v) is 14.1. The first kappa shape index (κ1) is 15.9. The molecule has 1 aromatic rings. The summed E-state index contributed by atoms with van der Waals surface area (Å²) in [6, 6.07) is 8.26. The zero-order valence-electron chi connectivity index (χ0n) is 13.2. The van der Waals surface area contributed by atoms with Crippen LogP contribution >= 0.6 is 11.8 Å². The van der Waals surface area contributed by atoms with Crippen LogP contribution in [-0.4, -0.2) is 23.3 Å². The van der Waals surface area contributed by atoms with Crippen molar-refractivity contribution in [2.45, 2.75) is 42.7 Å². The molecular formula is C17H23N5S. The van der Waals surface area contributed by atoms with Crippen LogP contribution in [0.4, 0.5) is 5.69 Å². The van der Waals surface area contributed by atoms with Crippen molar-refractivity contribution in [2.24, 2.45) is 21.5 Å². The molecule has 6 heteroatoms. The number of thioether (sulfide) groups is 1. The third-order valence-electron chi connectivity index (χ3n) is 4.31. The topological polar surface area (TPSA) is 80.0 Å². The van der Waals surface area contributed by atoms with Crippen molar-refractivity contribution in [3.8, 4) is 0 Å². The lowest BCUT2D eigenvalue weighted by Crippen LogP contribution is -2.58. The van der Waals surface area contributed by atoms with E-state index in [1.807, 2.05) is 18.2 Å². The van der Waals surface area contributed by atoms with Gasteiger partial charge in [-0.15, -0.1) is 18.3 Å². The Hall–Kier alpha value is -1.95. The summed E-state index contributed by atoms with van der Waals surface area (Å²) >= 11 is 1.74. The smallest absolute Gasteiger partial charge is 0.220 e. The molecule has 1 aromatic carbocycles. The minimum Gasteiger partial charge on any atom is -0.369 e. The van der Waals surface area contributed by atoms with Gasteiger partial charge in [0, 0.05) is 10.6 Å².